The average molecular weight is 325 g/mol. The second kappa shape index (κ2) is 4.89. The van der Waals surface area contributed by atoms with Crippen molar-refractivity contribution in [1.82, 2.24) is 3.97 Å². The van der Waals surface area contributed by atoms with Gasteiger partial charge in [-0.2, -0.15) is 0 Å². The number of carbonyl (C=O) groups excluding carboxylic acids is 1. The predicted octanol–water partition coefficient (Wildman–Crippen LogP) is 2.75. The molecule has 7 heteroatoms. The Kier molecular flexibility index (Phi) is 3.30. The van der Waals surface area contributed by atoms with Crippen molar-refractivity contribution >= 4 is 33.2 Å². The summed E-state index contributed by atoms with van der Waals surface area (Å²) in [5, 5.41) is 0.317. The van der Waals surface area contributed by atoms with E-state index in [1.165, 1.54) is 23.2 Å². The van der Waals surface area contributed by atoms with Gasteiger partial charge in [-0.3, -0.25) is 4.79 Å². The zero-order chi connectivity index (χ0) is 15.2. The molecule has 0 saturated carbocycles. The fourth-order valence-corrected chi connectivity index (χ4v) is 4.25. The van der Waals surface area contributed by atoms with Crippen LogP contribution in [0.3, 0.4) is 0 Å². The Labute approximate surface area is 127 Å². The Morgan fingerprint density at radius 2 is 2.00 bits per heavy atom. The summed E-state index contributed by atoms with van der Waals surface area (Å²) in [5.41, 5.74) is 0.505. The lowest BCUT2D eigenvalue weighted by molar-refractivity contribution is 0.0981. The molecule has 5 nitrogen and oxygen atoms in total. The maximum absolute atomic E-state index is 12.7. The van der Waals surface area contributed by atoms with Crippen molar-refractivity contribution in [3.05, 3.63) is 47.2 Å². The van der Waals surface area contributed by atoms with E-state index in [9.17, 15) is 13.2 Å². The first-order valence-electron chi connectivity index (χ1n) is 6.51. The first-order valence-corrected chi connectivity index (χ1v) is 8.33. The molecule has 2 heterocycles. The molecule has 0 saturated heterocycles. The summed E-state index contributed by atoms with van der Waals surface area (Å²) in [6.07, 6.45) is 2.09. The SMILES string of the molecule is CCCN1C(=O)c2cccn2S(=O)(=O)c2cc(Cl)ccc21. The summed E-state index contributed by atoms with van der Waals surface area (Å²) in [4.78, 5) is 14.2. The summed E-state index contributed by atoms with van der Waals surface area (Å²) in [7, 11) is -3.83. The number of aromatic nitrogens is 1. The molecule has 0 spiro atoms. The van der Waals surface area contributed by atoms with Gasteiger partial charge < -0.3 is 4.90 Å². The molecule has 3 rings (SSSR count). The number of hydrogen-bond donors (Lipinski definition) is 0. The Hall–Kier alpha value is -1.79. The van der Waals surface area contributed by atoms with E-state index in [0.29, 0.717) is 23.7 Å². The minimum atomic E-state index is -3.83. The minimum Gasteiger partial charge on any atom is -0.306 e. The highest BCUT2D eigenvalue weighted by molar-refractivity contribution is 7.90. The van der Waals surface area contributed by atoms with Crippen LogP contribution in [0.1, 0.15) is 23.8 Å². The molecule has 1 aliphatic rings. The van der Waals surface area contributed by atoms with Gasteiger partial charge in [-0.15, -0.1) is 0 Å². The number of rotatable bonds is 2. The number of fused-ring (bicyclic) bond motifs is 2. The highest BCUT2D eigenvalue weighted by atomic mass is 35.5. The second-order valence-electron chi connectivity index (χ2n) is 4.76. The summed E-state index contributed by atoms with van der Waals surface area (Å²) < 4.78 is 26.5. The van der Waals surface area contributed by atoms with Gasteiger partial charge in [0, 0.05) is 17.8 Å². The summed E-state index contributed by atoms with van der Waals surface area (Å²) in [6, 6.07) is 7.61. The third kappa shape index (κ3) is 2.06. The van der Waals surface area contributed by atoms with Gasteiger partial charge in [0.2, 0.25) is 0 Å². The first kappa shape index (κ1) is 14.2. The van der Waals surface area contributed by atoms with Crippen molar-refractivity contribution in [2.75, 3.05) is 11.4 Å². The van der Waals surface area contributed by atoms with Gasteiger partial charge in [0.1, 0.15) is 10.6 Å². The van der Waals surface area contributed by atoms with Gasteiger partial charge in [0.15, 0.2) is 0 Å². The average Bonchev–Trinajstić information content (AvgIpc) is 2.92. The Bertz CT molecular complexity index is 826. The third-order valence-corrected chi connectivity index (χ3v) is 5.33. The Morgan fingerprint density at radius 3 is 2.71 bits per heavy atom. The van der Waals surface area contributed by atoms with E-state index < -0.39 is 10.0 Å². The number of amides is 1. The van der Waals surface area contributed by atoms with Crippen LogP contribution in [-0.2, 0) is 10.0 Å². The second-order valence-corrected chi connectivity index (χ2v) is 6.98. The molecule has 1 amide bonds. The molecule has 1 aliphatic heterocycles. The van der Waals surface area contributed by atoms with Gasteiger partial charge >= 0.3 is 0 Å². The zero-order valence-electron chi connectivity index (χ0n) is 11.3. The third-order valence-electron chi connectivity index (χ3n) is 3.37. The van der Waals surface area contributed by atoms with Gasteiger partial charge in [-0.25, -0.2) is 12.4 Å². The summed E-state index contributed by atoms with van der Waals surface area (Å²) in [5.74, 6) is -0.327. The Balaban J connectivity index is 2.38. The molecule has 0 bridgehead atoms. The van der Waals surface area contributed by atoms with Crippen molar-refractivity contribution in [1.29, 1.82) is 0 Å². The zero-order valence-corrected chi connectivity index (χ0v) is 12.9. The predicted molar refractivity (Wildman–Crippen MR) is 80.4 cm³/mol. The molecule has 0 radical (unpaired) electrons. The molecule has 0 N–H and O–H groups in total. The monoisotopic (exact) mass is 324 g/mol. The first-order chi connectivity index (χ1) is 9.96. The fraction of sp³-hybridized carbons (Fsp3) is 0.214. The topological polar surface area (TPSA) is 59.4 Å². The molecule has 21 heavy (non-hydrogen) atoms. The maximum Gasteiger partial charge on any atom is 0.275 e. The van der Waals surface area contributed by atoms with Crippen molar-refractivity contribution in [3.8, 4) is 0 Å². The fourth-order valence-electron chi connectivity index (χ4n) is 2.46. The molecule has 0 atom stereocenters. The molecule has 2 aromatic rings. The van der Waals surface area contributed by atoms with Gasteiger partial charge in [0.05, 0.1) is 5.69 Å². The molecule has 0 fully saturated rings. The number of hydrogen-bond acceptors (Lipinski definition) is 3. The molecule has 1 aromatic heterocycles. The smallest absolute Gasteiger partial charge is 0.275 e. The van der Waals surface area contributed by atoms with Crippen LogP contribution < -0.4 is 4.90 Å². The van der Waals surface area contributed by atoms with E-state index in [1.807, 2.05) is 6.92 Å². The molecule has 0 aliphatic carbocycles. The Morgan fingerprint density at radius 1 is 1.24 bits per heavy atom. The summed E-state index contributed by atoms with van der Waals surface area (Å²) >= 11 is 5.94. The van der Waals surface area contributed by atoms with E-state index >= 15 is 0 Å². The highest BCUT2D eigenvalue weighted by Gasteiger charge is 2.34. The normalized spacial score (nSPS) is 16.3. The van der Waals surface area contributed by atoms with Crippen LogP contribution in [0.2, 0.25) is 5.02 Å². The van der Waals surface area contributed by atoms with Crippen molar-refractivity contribution in [2.45, 2.75) is 18.2 Å². The molecular weight excluding hydrogens is 312 g/mol. The van der Waals surface area contributed by atoms with Crippen LogP contribution in [0.5, 0.6) is 0 Å². The number of halogens is 1. The molecule has 0 unspecified atom stereocenters. The lowest BCUT2D eigenvalue weighted by Gasteiger charge is -2.21. The van der Waals surface area contributed by atoms with Crippen LogP contribution in [-0.4, -0.2) is 24.8 Å². The van der Waals surface area contributed by atoms with E-state index in [4.69, 9.17) is 11.6 Å². The molecule has 110 valence electrons. The van der Waals surface area contributed by atoms with Crippen LogP contribution >= 0.6 is 11.6 Å². The molecule has 1 aromatic carbocycles. The van der Waals surface area contributed by atoms with Crippen LogP contribution in [0.15, 0.2) is 41.4 Å². The molecular formula is C14H13ClN2O3S. The van der Waals surface area contributed by atoms with Crippen LogP contribution in [0, 0.1) is 0 Å². The van der Waals surface area contributed by atoms with Gasteiger partial charge in [-0.05, 0) is 36.8 Å². The van der Waals surface area contributed by atoms with Gasteiger partial charge in [-0.1, -0.05) is 18.5 Å². The van der Waals surface area contributed by atoms with Crippen LogP contribution in [0.25, 0.3) is 0 Å². The number of benzene rings is 1. The van der Waals surface area contributed by atoms with E-state index in [-0.39, 0.29) is 16.5 Å². The van der Waals surface area contributed by atoms with E-state index in [1.54, 1.807) is 18.2 Å². The standard InChI is InChI=1S/C14H13ClN2O3S/c1-2-7-16-11-6-5-10(15)9-13(11)21(19,20)17-8-3-4-12(17)14(16)18/h3-6,8-9H,2,7H2,1H3. The lowest BCUT2D eigenvalue weighted by Crippen LogP contribution is -2.31. The van der Waals surface area contributed by atoms with Crippen molar-refractivity contribution in [2.24, 2.45) is 0 Å². The maximum atomic E-state index is 12.7. The number of carbonyl (C=O) groups is 1. The lowest BCUT2D eigenvalue weighted by atomic mass is 10.2. The van der Waals surface area contributed by atoms with E-state index in [2.05, 4.69) is 0 Å². The quantitative estimate of drug-likeness (QED) is 0.853. The summed E-state index contributed by atoms with van der Waals surface area (Å²) in [6.45, 7) is 2.37. The largest absolute Gasteiger partial charge is 0.306 e. The van der Waals surface area contributed by atoms with E-state index in [0.717, 1.165) is 3.97 Å². The number of anilines is 1. The van der Waals surface area contributed by atoms with Crippen molar-refractivity contribution in [3.63, 3.8) is 0 Å². The number of nitrogens with zero attached hydrogens (tertiary/aromatic N) is 2. The van der Waals surface area contributed by atoms with Crippen molar-refractivity contribution < 1.29 is 13.2 Å². The van der Waals surface area contributed by atoms with Gasteiger partial charge in [0.25, 0.3) is 15.9 Å². The van der Waals surface area contributed by atoms with Crippen LogP contribution in [0.4, 0.5) is 5.69 Å². The minimum absolute atomic E-state index is 0.0479. The highest BCUT2D eigenvalue weighted by Crippen LogP contribution is 2.34.